The molecule has 2 heterocycles. The molecule has 0 N–H and O–H groups in total. The second-order valence-electron chi connectivity index (χ2n) is 8.52. The van der Waals surface area contributed by atoms with Crippen LogP contribution in [-0.4, -0.2) is 56.6 Å². The molecule has 0 atom stereocenters. The minimum absolute atomic E-state index is 0.00777. The summed E-state index contributed by atoms with van der Waals surface area (Å²) in [4.78, 5) is 28.5. The van der Waals surface area contributed by atoms with Gasteiger partial charge in [-0.2, -0.15) is 5.10 Å². The molecule has 35 heavy (non-hydrogen) atoms. The fourth-order valence-electron chi connectivity index (χ4n) is 4.31. The maximum absolute atomic E-state index is 13.6. The number of rotatable bonds is 6. The second kappa shape index (κ2) is 9.90. The molecule has 1 aliphatic rings. The molecule has 0 spiro atoms. The summed E-state index contributed by atoms with van der Waals surface area (Å²) in [5, 5.41) is 15.8. The summed E-state index contributed by atoms with van der Waals surface area (Å²) in [5.74, 6) is -0.0996. The van der Waals surface area contributed by atoms with Gasteiger partial charge in [0.25, 0.3) is 11.6 Å². The van der Waals surface area contributed by atoms with Gasteiger partial charge in [-0.25, -0.2) is 4.68 Å². The lowest BCUT2D eigenvalue weighted by molar-refractivity contribution is -0.384. The van der Waals surface area contributed by atoms with Crippen LogP contribution < -0.4 is 0 Å². The number of hydrogen-bond acceptors (Lipinski definition) is 5. The van der Waals surface area contributed by atoms with Gasteiger partial charge in [0, 0.05) is 50.4 Å². The van der Waals surface area contributed by atoms with Gasteiger partial charge < -0.3 is 4.90 Å². The smallest absolute Gasteiger partial charge is 0.272 e. The first-order valence-corrected chi connectivity index (χ1v) is 11.5. The molecule has 5 rings (SSSR count). The summed E-state index contributed by atoms with van der Waals surface area (Å²) in [6.07, 6.45) is 0. The third-order valence-corrected chi connectivity index (χ3v) is 6.21. The van der Waals surface area contributed by atoms with Gasteiger partial charge in [0.1, 0.15) is 5.69 Å². The first-order chi connectivity index (χ1) is 17.1. The molecule has 8 heteroatoms. The third-order valence-electron chi connectivity index (χ3n) is 6.21. The Morgan fingerprint density at radius 2 is 1.49 bits per heavy atom. The number of piperazine rings is 1. The fraction of sp³-hybridized carbons (Fsp3) is 0.185. The lowest BCUT2D eigenvalue weighted by atomic mass is 10.1. The number of carbonyl (C=O) groups is 1. The van der Waals surface area contributed by atoms with Crippen molar-refractivity contribution in [1.82, 2.24) is 19.6 Å². The molecule has 1 aromatic heterocycles. The van der Waals surface area contributed by atoms with Gasteiger partial charge in [0.2, 0.25) is 0 Å². The molecule has 0 saturated carbocycles. The van der Waals surface area contributed by atoms with E-state index in [4.69, 9.17) is 5.10 Å². The molecular formula is C27H25N5O3. The first kappa shape index (κ1) is 22.5. The van der Waals surface area contributed by atoms with Crippen molar-refractivity contribution in [3.8, 4) is 16.9 Å². The Morgan fingerprint density at radius 3 is 2.11 bits per heavy atom. The molecule has 1 saturated heterocycles. The Labute approximate surface area is 203 Å². The Kier molecular flexibility index (Phi) is 6.36. The zero-order valence-electron chi connectivity index (χ0n) is 19.2. The molecule has 0 aliphatic carbocycles. The zero-order valence-corrected chi connectivity index (χ0v) is 19.2. The number of amides is 1. The highest BCUT2D eigenvalue weighted by atomic mass is 16.6. The number of nitro benzene ring substituents is 1. The highest BCUT2D eigenvalue weighted by Gasteiger charge is 2.26. The van der Waals surface area contributed by atoms with Gasteiger partial charge in [-0.05, 0) is 23.8 Å². The van der Waals surface area contributed by atoms with Crippen LogP contribution in [0.25, 0.3) is 16.9 Å². The zero-order chi connectivity index (χ0) is 24.2. The Bertz CT molecular complexity index is 1310. The average molecular weight is 468 g/mol. The van der Waals surface area contributed by atoms with E-state index in [-0.39, 0.29) is 11.6 Å². The van der Waals surface area contributed by atoms with Crippen LogP contribution in [0.2, 0.25) is 0 Å². The highest BCUT2D eigenvalue weighted by molar-refractivity contribution is 5.94. The van der Waals surface area contributed by atoms with Gasteiger partial charge in [0.05, 0.1) is 16.3 Å². The van der Waals surface area contributed by atoms with Crippen LogP contribution in [0, 0.1) is 10.1 Å². The monoisotopic (exact) mass is 467 g/mol. The fourth-order valence-corrected chi connectivity index (χ4v) is 4.31. The average Bonchev–Trinajstić information content (AvgIpc) is 3.35. The van der Waals surface area contributed by atoms with E-state index < -0.39 is 4.92 Å². The Hall–Kier alpha value is -4.30. The number of nitro groups is 1. The summed E-state index contributed by atoms with van der Waals surface area (Å²) in [6.45, 7) is 3.69. The summed E-state index contributed by atoms with van der Waals surface area (Å²) in [5.41, 5.74) is 3.87. The van der Waals surface area contributed by atoms with Crippen LogP contribution >= 0.6 is 0 Å². The highest BCUT2D eigenvalue weighted by Crippen LogP contribution is 2.24. The van der Waals surface area contributed by atoms with Crippen LogP contribution in [0.1, 0.15) is 16.1 Å². The van der Waals surface area contributed by atoms with Crippen LogP contribution in [0.3, 0.4) is 0 Å². The molecule has 0 radical (unpaired) electrons. The van der Waals surface area contributed by atoms with Gasteiger partial charge in [-0.15, -0.1) is 0 Å². The maximum Gasteiger partial charge on any atom is 0.272 e. The van der Waals surface area contributed by atoms with E-state index in [1.54, 1.807) is 22.9 Å². The second-order valence-corrected chi connectivity index (χ2v) is 8.52. The van der Waals surface area contributed by atoms with Gasteiger partial charge in [0.15, 0.2) is 0 Å². The number of aromatic nitrogens is 2. The van der Waals surface area contributed by atoms with Crippen LogP contribution in [-0.2, 0) is 6.54 Å². The molecule has 8 nitrogen and oxygen atoms in total. The van der Waals surface area contributed by atoms with Crippen LogP contribution in [0.15, 0.2) is 91.0 Å². The van der Waals surface area contributed by atoms with Crippen molar-refractivity contribution in [2.24, 2.45) is 0 Å². The topological polar surface area (TPSA) is 84.5 Å². The Balaban J connectivity index is 1.39. The predicted molar refractivity (Wildman–Crippen MR) is 133 cm³/mol. The van der Waals surface area contributed by atoms with E-state index in [0.717, 1.165) is 25.2 Å². The minimum atomic E-state index is -0.441. The van der Waals surface area contributed by atoms with E-state index in [1.165, 1.54) is 17.7 Å². The molecular weight excluding hydrogens is 442 g/mol. The van der Waals surface area contributed by atoms with Gasteiger partial charge in [-0.3, -0.25) is 19.8 Å². The maximum atomic E-state index is 13.6. The molecule has 4 aromatic rings. The molecule has 0 bridgehead atoms. The van der Waals surface area contributed by atoms with Gasteiger partial charge >= 0.3 is 0 Å². The summed E-state index contributed by atoms with van der Waals surface area (Å²) >= 11 is 0. The standard InChI is InChI=1S/C27H25N5O3/c33-27(30-17-15-29(16-18-30)20-21-7-3-1-4-8-21)26-19-25(22-9-5-2-6-10-22)28-31(26)23-11-13-24(14-12-23)32(34)35/h1-14,19H,15-18,20H2. The van der Waals surface area contributed by atoms with Crippen molar-refractivity contribution >= 4 is 11.6 Å². The summed E-state index contributed by atoms with van der Waals surface area (Å²) < 4.78 is 1.59. The SMILES string of the molecule is O=C(c1cc(-c2ccccc2)nn1-c1ccc([N+](=O)[O-])cc1)N1CCN(Cc2ccccc2)CC1. The molecule has 0 unspecified atom stereocenters. The lowest BCUT2D eigenvalue weighted by Crippen LogP contribution is -2.48. The van der Waals surface area contributed by atoms with E-state index in [2.05, 4.69) is 17.0 Å². The predicted octanol–water partition coefficient (Wildman–Crippen LogP) is 4.41. The number of hydrogen-bond donors (Lipinski definition) is 0. The Morgan fingerprint density at radius 1 is 0.857 bits per heavy atom. The molecule has 1 aliphatic heterocycles. The van der Waals surface area contributed by atoms with E-state index in [9.17, 15) is 14.9 Å². The lowest BCUT2D eigenvalue weighted by Gasteiger charge is -2.34. The van der Waals surface area contributed by atoms with Crippen molar-refractivity contribution in [3.05, 3.63) is 112 Å². The summed E-state index contributed by atoms with van der Waals surface area (Å²) in [7, 11) is 0. The number of carbonyl (C=O) groups excluding carboxylic acids is 1. The summed E-state index contributed by atoms with van der Waals surface area (Å²) in [6, 6.07) is 27.9. The van der Waals surface area contributed by atoms with Crippen LogP contribution in [0.5, 0.6) is 0 Å². The third kappa shape index (κ3) is 4.97. The van der Waals surface area contributed by atoms with Crippen molar-refractivity contribution in [2.75, 3.05) is 26.2 Å². The van der Waals surface area contributed by atoms with E-state index >= 15 is 0 Å². The largest absolute Gasteiger partial charge is 0.335 e. The molecule has 1 amide bonds. The molecule has 1 fully saturated rings. The quantitative estimate of drug-likeness (QED) is 0.310. The number of non-ortho nitro benzene ring substituents is 1. The normalized spacial score (nSPS) is 14.1. The van der Waals surface area contributed by atoms with Gasteiger partial charge in [-0.1, -0.05) is 60.7 Å². The van der Waals surface area contributed by atoms with Crippen molar-refractivity contribution in [3.63, 3.8) is 0 Å². The number of benzene rings is 3. The van der Waals surface area contributed by atoms with Crippen LogP contribution in [0.4, 0.5) is 5.69 Å². The van der Waals surface area contributed by atoms with E-state index in [1.807, 2.05) is 53.4 Å². The first-order valence-electron chi connectivity index (χ1n) is 11.5. The number of nitrogens with zero attached hydrogens (tertiary/aromatic N) is 5. The van der Waals surface area contributed by atoms with Crippen molar-refractivity contribution in [2.45, 2.75) is 6.54 Å². The minimum Gasteiger partial charge on any atom is -0.335 e. The molecule has 3 aromatic carbocycles. The molecule has 176 valence electrons. The van der Waals surface area contributed by atoms with E-state index in [0.29, 0.717) is 30.2 Å². The van der Waals surface area contributed by atoms with Crippen molar-refractivity contribution < 1.29 is 9.72 Å². The van der Waals surface area contributed by atoms with Crippen molar-refractivity contribution in [1.29, 1.82) is 0 Å².